The topological polar surface area (TPSA) is 39.2 Å². The highest BCUT2D eigenvalue weighted by atomic mass is 35.5. The normalized spacial score (nSPS) is 33.2. The van der Waals surface area contributed by atoms with E-state index in [1.54, 1.807) is 12.1 Å². The molecule has 5 heteroatoms. The van der Waals surface area contributed by atoms with Crippen molar-refractivity contribution < 1.29 is 9.53 Å². The van der Waals surface area contributed by atoms with Gasteiger partial charge in [0.25, 0.3) is 0 Å². The molecule has 1 heterocycles. The molecule has 0 spiro atoms. The average Bonchev–Trinajstić information content (AvgIpc) is 2.74. The van der Waals surface area contributed by atoms with Crippen LogP contribution < -0.4 is 0 Å². The van der Waals surface area contributed by atoms with Crippen molar-refractivity contribution >= 4 is 29.2 Å². The van der Waals surface area contributed by atoms with Crippen molar-refractivity contribution in [1.82, 2.24) is 4.98 Å². The van der Waals surface area contributed by atoms with Crippen molar-refractivity contribution in [2.45, 2.75) is 46.1 Å². The zero-order valence-electron chi connectivity index (χ0n) is 12.5. The molecule has 0 radical (unpaired) electrons. The summed E-state index contributed by atoms with van der Waals surface area (Å²) in [6.07, 6.45) is 3.16. The number of halogens is 2. The number of aromatic nitrogens is 1. The third kappa shape index (κ3) is 2.17. The minimum atomic E-state index is -0.475. The molecule has 2 saturated carbocycles. The Balaban J connectivity index is 1.82. The molecule has 0 aliphatic heterocycles. The molecule has 0 amide bonds. The summed E-state index contributed by atoms with van der Waals surface area (Å²) in [5.41, 5.74) is 0.329. The standard InChI is InChI=1S/C16H19Cl2NO2/c1-15(2)9-6-7-16(15,3)11(8-9)21-14(20)13-10(17)4-5-12(18)19-13/h4-5,9,11H,6-8H2,1-3H3. The quantitative estimate of drug-likeness (QED) is 0.580. The molecule has 0 N–H and O–H groups in total. The van der Waals surface area contributed by atoms with Gasteiger partial charge in [0, 0.05) is 5.41 Å². The lowest BCUT2D eigenvalue weighted by atomic mass is 9.70. The maximum Gasteiger partial charge on any atom is 0.358 e. The van der Waals surface area contributed by atoms with E-state index in [0.717, 1.165) is 12.8 Å². The van der Waals surface area contributed by atoms with Crippen LogP contribution in [0.3, 0.4) is 0 Å². The number of ether oxygens (including phenoxy) is 1. The highest BCUT2D eigenvalue weighted by molar-refractivity contribution is 6.34. The number of hydrogen-bond donors (Lipinski definition) is 0. The number of fused-ring (bicyclic) bond motifs is 2. The van der Waals surface area contributed by atoms with Crippen molar-refractivity contribution in [3.8, 4) is 0 Å². The Morgan fingerprint density at radius 2 is 2.05 bits per heavy atom. The predicted octanol–water partition coefficient (Wildman–Crippen LogP) is 4.76. The molecule has 1 aromatic heterocycles. The molecular weight excluding hydrogens is 309 g/mol. The van der Waals surface area contributed by atoms with Crippen LogP contribution in [0.2, 0.25) is 10.2 Å². The number of carbonyl (C=O) groups excluding carboxylic acids is 1. The number of esters is 1. The monoisotopic (exact) mass is 327 g/mol. The summed E-state index contributed by atoms with van der Waals surface area (Å²) >= 11 is 11.9. The van der Waals surface area contributed by atoms with Gasteiger partial charge in [-0.1, -0.05) is 44.0 Å². The largest absolute Gasteiger partial charge is 0.457 e. The van der Waals surface area contributed by atoms with Gasteiger partial charge in [-0.2, -0.15) is 0 Å². The fraction of sp³-hybridized carbons (Fsp3) is 0.625. The van der Waals surface area contributed by atoms with Crippen molar-refractivity contribution in [2.24, 2.45) is 16.7 Å². The highest BCUT2D eigenvalue weighted by Gasteiger charge is 2.62. The summed E-state index contributed by atoms with van der Waals surface area (Å²) in [6.45, 7) is 6.79. The van der Waals surface area contributed by atoms with E-state index in [4.69, 9.17) is 27.9 Å². The Labute approximate surface area is 135 Å². The molecule has 1 aromatic rings. The third-order valence-corrected chi connectivity index (χ3v) is 6.48. The van der Waals surface area contributed by atoms with E-state index in [1.165, 1.54) is 6.42 Å². The molecule has 114 valence electrons. The highest BCUT2D eigenvalue weighted by Crippen LogP contribution is 2.66. The van der Waals surface area contributed by atoms with E-state index in [1.807, 2.05) is 0 Å². The van der Waals surface area contributed by atoms with E-state index in [-0.39, 0.29) is 32.8 Å². The third-order valence-electron chi connectivity index (χ3n) is 5.97. The second-order valence-corrected chi connectivity index (χ2v) is 7.76. The Morgan fingerprint density at radius 3 is 2.62 bits per heavy atom. The molecule has 3 atom stereocenters. The van der Waals surface area contributed by atoms with E-state index in [0.29, 0.717) is 5.92 Å². The van der Waals surface area contributed by atoms with Gasteiger partial charge in [-0.15, -0.1) is 0 Å². The van der Waals surface area contributed by atoms with Gasteiger partial charge in [0.05, 0.1) is 5.02 Å². The van der Waals surface area contributed by atoms with Gasteiger partial charge in [-0.25, -0.2) is 9.78 Å². The summed E-state index contributed by atoms with van der Waals surface area (Å²) in [7, 11) is 0. The van der Waals surface area contributed by atoms with Crippen molar-refractivity contribution in [3.63, 3.8) is 0 Å². The summed E-state index contributed by atoms with van der Waals surface area (Å²) in [6, 6.07) is 3.13. The van der Waals surface area contributed by atoms with E-state index in [9.17, 15) is 4.79 Å². The van der Waals surface area contributed by atoms with Crippen molar-refractivity contribution in [2.75, 3.05) is 0 Å². The van der Waals surface area contributed by atoms with Gasteiger partial charge in [0.1, 0.15) is 11.3 Å². The fourth-order valence-corrected chi connectivity index (χ4v) is 4.38. The minimum Gasteiger partial charge on any atom is -0.457 e. The van der Waals surface area contributed by atoms with Crippen LogP contribution >= 0.6 is 23.2 Å². The molecule has 3 unspecified atom stereocenters. The lowest BCUT2D eigenvalue weighted by Crippen LogP contribution is -2.38. The van der Waals surface area contributed by atoms with Gasteiger partial charge in [-0.3, -0.25) is 0 Å². The first-order chi connectivity index (χ1) is 9.75. The Kier molecular flexibility index (Phi) is 3.49. The zero-order chi connectivity index (χ0) is 15.4. The first kappa shape index (κ1) is 15.1. The Morgan fingerprint density at radius 1 is 1.33 bits per heavy atom. The molecule has 0 saturated heterocycles. The molecular formula is C16H19Cl2NO2. The molecule has 2 aliphatic carbocycles. The van der Waals surface area contributed by atoms with E-state index >= 15 is 0 Å². The Bertz CT molecular complexity index is 602. The molecule has 0 aromatic carbocycles. The first-order valence-electron chi connectivity index (χ1n) is 7.29. The van der Waals surface area contributed by atoms with Gasteiger partial charge < -0.3 is 4.74 Å². The molecule has 2 aliphatic rings. The second kappa shape index (κ2) is 4.85. The summed E-state index contributed by atoms with van der Waals surface area (Å²) in [5.74, 6) is 0.139. The summed E-state index contributed by atoms with van der Waals surface area (Å²) < 4.78 is 5.76. The molecule has 3 nitrogen and oxygen atoms in total. The zero-order valence-corrected chi connectivity index (χ0v) is 14.0. The number of nitrogens with zero attached hydrogens (tertiary/aromatic N) is 1. The van der Waals surface area contributed by atoms with Crippen LogP contribution in [0, 0.1) is 16.7 Å². The molecule has 3 rings (SSSR count). The van der Waals surface area contributed by atoms with Crippen LogP contribution in [0.25, 0.3) is 0 Å². The van der Waals surface area contributed by atoms with Crippen LogP contribution in [0.4, 0.5) is 0 Å². The summed E-state index contributed by atoms with van der Waals surface area (Å²) in [5, 5.41) is 0.516. The number of pyridine rings is 1. The lowest BCUT2D eigenvalue weighted by molar-refractivity contribution is -0.0247. The molecule has 21 heavy (non-hydrogen) atoms. The maximum absolute atomic E-state index is 12.4. The minimum absolute atomic E-state index is 0.0262. The number of rotatable bonds is 2. The molecule has 2 bridgehead atoms. The van der Waals surface area contributed by atoms with Crippen LogP contribution in [-0.2, 0) is 4.74 Å². The van der Waals surface area contributed by atoms with E-state index in [2.05, 4.69) is 25.8 Å². The SMILES string of the molecule is CC1(C)C2CCC1(C)C(OC(=O)c1nc(Cl)ccc1Cl)C2. The van der Waals surface area contributed by atoms with Crippen LogP contribution in [0.15, 0.2) is 12.1 Å². The maximum atomic E-state index is 12.4. The smallest absolute Gasteiger partial charge is 0.358 e. The van der Waals surface area contributed by atoms with E-state index < -0.39 is 5.97 Å². The van der Waals surface area contributed by atoms with Gasteiger partial charge in [-0.05, 0) is 42.7 Å². The van der Waals surface area contributed by atoms with Gasteiger partial charge in [0.2, 0.25) is 0 Å². The Hall–Kier alpha value is -0.800. The first-order valence-corrected chi connectivity index (χ1v) is 8.04. The fourth-order valence-electron chi connectivity index (χ4n) is 4.05. The van der Waals surface area contributed by atoms with Gasteiger partial charge in [0.15, 0.2) is 5.69 Å². The number of hydrogen-bond acceptors (Lipinski definition) is 3. The molecule has 2 fully saturated rings. The summed E-state index contributed by atoms with van der Waals surface area (Å²) in [4.78, 5) is 16.4. The van der Waals surface area contributed by atoms with Crippen LogP contribution in [0.1, 0.15) is 50.5 Å². The predicted molar refractivity (Wildman–Crippen MR) is 82.7 cm³/mol. The second-order valence-electron chi connectivity index (χ2n) is 6.97. The average molecular weight is 328 g/mol. The van der Waals surface area contributed by atoms with Crippen LogP contribution in [0.5, 0.6) is 0 Å². The van der Waals surface area contributed by atoms with Gasteiger partial charge >= 0.3 is 5.97 Å². The van der Waals surface area contributed by atoms with Crippen molar-refractivity contribution in [1.29, 1.82) is 0 Å². The number of carbonyl (C=O) groups is 1. The van der Waals surface area contributed by atoms with Crippen LogP contribution in [-0.4, -0.2) is 17.1 Å². The van der Waals surface area contributed by atoms with Crippen molar-refractivity contribution in [3.05, 3.63) is 28.0 Å². The lowest BCUT2D eigenvalue weighted by Gasteiger charge is -2.38.